The molecule has 0 aliphatic heterocycles. The minimum atomic E-state index is -0.231. The fourth-order valence-electron chi connectivity index (χ4n) is 0.784. The summed E-state index contributed by atoms with van der Waals surface area (Å²) in [6.45, 7) is 14.5. The zero-order chi connectivity index (χ0) is 10.7. The van der Waals surface area contributed by atoms with Crippen LogP contribution in [0.15, 0.2) is 0 Å². The normalized spacial score (nSPS) is 17.5. The molecule has 0 saturated heterocycles. The molecule has 0 aliphatic rings. The highest BCUT2D eigenvalue weighted by Gasteiger charge is 2.30. The third kappa shape index (κ3) is 4.63. The Morgan fingerprint density at radius 2 is 1.46 bits per heavy atom. The van der Waals surface area contributed by atoms with Gasteiger partial charge in [0.2, 0.25) is 0 Å². The lowest BCUT2D eigenvalue weighted by Gasteiger charge is -2.33. The third-order valence-corrected chi connectivity index (χ3v) is 2.41. The van der Waals surface area contributed by atoms with E-state index in [1.165, 1.54) is 0 Å². The van der Waals surface area contributed by atoms with Crippen LogP contribution in [0, 0.1) is 5.92 Å². The van der Waals surface area contributed by atoms with Crippen LogP contribution in [-0.2, 0) is 9.78 Å². The van der Waals surface area contributed by atoms with Crippen LogP contribution in [0.5, 0.6) is 0 Å². The Kier molecular flexibility index (Phi) is 4.40. The second-order valence-electron chi connectivity index (χ2n) is 5.10. The molecule has 0 radical (unpaired) electrons. The fraction of sp³-hybridized carbons (Fsp3) is 1.00. The van der Waals surface area contributed by atoms with E-state index in [9.17, 15) is 0 Å². The standard InChI is InChI=1S/C11H24O2/c1-8-11(7,9(2)3)13-12-10(4,5)6/h9H,8H2,1-7H3. The predicted octanol–water partition coefficient (Wildman–Crippen LogP) is 3.56. The maximum atomic E-state index is 5.50. The lowest BCUT2D eigenvalue weighted by molar-refractivity contribution is -0.408. The molecular formula is C11H24O2. The average molecular weight is 188 g/mol. The Hall–Kier alpha value is -0.0800. The van der Waals surface area contributed by atoms with E-state index in [1.807, 2.05) is 20.8 Å². The first kappa shape index (κ1) is 12.9. The summed E-state index contributed by atoms with van der Waals surface area (Å²) in [7, 11) is 0. The largest absolute Gasteiger partial charge is 0.230 e. The Labute approximate surface area is 82.5 Å². The van der Waals surface area contributed by atoms with Crippen LogP contribution >= 0.6 is 0 Å². The fourth-order valence-corrected chi connectivity index (χ4v) is 0.784. The summed E-state index contributed by atoms with van der Waals surface area (Å²) in [6, 6.07) is 0. The van der Waals surface area contributed by atoms with Crippen LogP contribution in [0.2, 0.25) is 0 Å². The van der Waals surface area contributed by atoms with Gasteiger partial charge in [-0.2, -0.15) is 0 Å². The molecule has 2 nitrogen and oxygen atoms in total. The van der Waals surface area contributed by atoms with Gasteiger partial charge in [-0.05, 0) is 40.0 Å². The summed E-state index contributed by atoms with van der Waals surface area (Å²) in [4.78, 5) is 10.9. The van der Waals surface area contributed by atoms with Crippen molar-refractivity contribution in [3.05, 3.63) is 0 Å². The van der Waals surface area contributed by atoms with Gasteiger partial charge in [-0.25, -0.2) is 9.78 Å². The van der Waals surface area contributed by atoms with E-state index in [0.29, 0.717) is 5.92 Å². The molecule has 0 aromatic rings. The Bertz CT molecular complexity index is 147. The molecule has 13 heavy (non-hydrogen) atoms. The van der Waals surface area contributed by atoms with Gasteiger partial charge in [0.1, 0.15) is 5.60 Å². The summed E-state index contributed by atoms with van der Waals surface area (Å²) in [6.07, 6.45) is 0.959. The van der Waals surface area contributed by atoms with Gasteiger partial charge >= 0.3 is 0 Å². The highest BCUT2D eigenvalue weighted by molar-refractivity contribution is 4.75. The van der Waals surface area contributed by atoms with Gasteiger partial charge in [0.05, 0.1) is 5.60 Å². The molecule has 0 rings (SSSR count). The number of rotatable bonds is 4. The average Bonchev–Trinajstić information content (AvgIpc) is 1.98. The summed E-state index contributed by atoms with van der Waals surface area (Å²) in [5.41, 5.74) is -0.404. The maximum absolute atomic E-state index is 5.50. The Balaban J connectivity index is 4.14. The van der Waals surface area contributed by atoms with Crippen molar-refractivity contribution < 1.29 is 9.78 Å². The van der Waals surface area contributed by atoms with Gasteiger partial charge in [0, 0.05) is 0 Å². The van der Waals surface area contributed by atoms with Crippen molar-refractivity contribution in [3.8, 4) is 0 Å². The summed E-state index contributed by atoms with van der Waals surface area (Å²) >= 11 is 0. The van der Waals surface area contributed by atoms with E-state index in [2.05, 4.69) is 27.7 Å². The smallest absolute Gasteiger partial charge is 0.103 e. The van der Waals surface area contributed by atoms with Crippen LogP contribution in [0.3, 0.4) is 0 Å². The van der Waals surface area contributed by atoms with E-state index < -0.39 is 0 Å². The minimum Gasteiger partial charge on any atom is -0.230 e. The summed E-state index contributed by atoms with van der Waals surface area (Å²) < 4.78 is 0. The lowest BCUT2D eigenvalue weighted by atomic mass is 9.90. The van der Waals surface area contributed by atoms with E-state index in [0.717, 1.165) is 6.42 Å². The molecule has 1 atom stereocenters. The van der Waals surface area contributed by atoms with Crippen molar-refractivity contribution >= 4 is 0 Å². The van der Waals surface area contributed by atoms with Gasteiger partial charge < -0.3 is 0 Å². The van der Waals surface area contributed by atoms with Gasteiger partial charge in [-0.3, -0.25) is 0 Å². The second-order valence-corrected chi connectivity index (χ2v) is 5.10. The first-order valence-corrected chi connectivity index (χ1v) is 5.08. The van der Waals surface area contributed by atoms with Crippen molar-refractivity contribution in [1.29, 1.82) is 0 Å². The van der Waals surface area contributed by atoms with Crippen molar-refractivity contribution in [1.82, 2.24) is 0 Å². The van der Waals surface area contributed by atoms with Gasteiger partial charge in [0.25, 0.3) is 0 Å². The molecule has 0 saturated carbocycles. The highest BCUT2D eigenvalue weighted by Crippen LogP contribution is 2.27. The molecule has 0 heterocycles. The van der Waals surface area contributed by atoms with E-state index in [-0.39, 0.29) is 11.2 Å². The maximum Gasteiger partial charge on any atom is 0.103 e. The Morgan fingerprint density at radius 3 is 1.69 bits per heavy atom. The van der Waals surface area contributed by atoms with Crippen LogP contribution in [-0.4, -0.2) is 11.2 Å². The third-order valence-electron chi connectivity index (χ3n) is 2.41. The molecule has 0 bridgehead atoms. The quantitative estimate of drug-likeness (QED) is 0.496. The van der Waals surface area contributed by atoms with E-state index >= 15 is 0 Å². The first-order chi connectivity index (χ1) is 5.71. The zero-order valence-electron chi connectivity index (χ0n) is 10.1. The minimum absolute atomic E-state index is 0.173. The monoisotopic (exact) mass is 188 g/mol. The summed E-state index contributed by atoms with van der Waals surface area (Å²) in [5, 5.41) is 0. The molecule has 0 N–H and O–H groups in total. The molecule has 0 spiro atoms. The molecule has 0 fully saturated rings. The van der Waals surface area contributed by atoms with Crippen molar-refractivity contribution in [3.63, 3.8) is 0 Å². The molecule has 0 amide bonds. The van der Waals surface area contributed by atoms with Crippen LogP contribution in [0.25, 0.3) is 0 Å². The van der Waals surface area contributed by atoms with Crippen LogP contribution in [0.1, 0.15) is 54.9 Å². The highest BCUT2D eigenvalue weighted by atomic mass is 17.2. The predicted molar refractivity (Wildman–Crippen MR) is 55.5 cm³/mol. The van der Waals surface area contributed by atoms with Gasteiger partial charge in [-0.15, -0.1) is 0 Å². The molecule has 1 unspecified atom stereocenters. The molecule has 2 heteroatoms. The summed E-state index contributed by atoms with van der Waals surface area (Å²) in [5.74, 6) is 0.458. The first-order valence-electron chi connectivity index (χ1n) is 5.08. The topological polar surface area (TPSA) is 18.5 Å². The van der Waals surface area contributed by atoms with Crippen molar-refractivity contribution in [2.24, 2.45) is 5.92 Å². The lowest BCUT2D eigenvalue weighted by Crippen LogP contribution is -2.37. The molecular weight excluding hydrogens is 164 g/mol. The number of hydrogen-bond donors (Lipinski definition) is 0. The second kappa shape index (κ2) is 4.43. The SMILES string of the molecule is CCC(C)(OOC(C)(C)C)C(C)C. The molecule has 0 aromatic carbocycles. The van der Waals surface area contributed by atoms with Crippen LogP contribution < -0.4 is 0 Å². The van der Waals surface area contributed by atoms with Gasteiger partial charge in [-0.1, -0.05) is 20.8 Å². The van der Waals surface area contributed by atoms with Crippen molar-refractivity contribution in [2.75, 3.05) is 0 Å². The molecule has 80 valence electrons. The van der Waals surface area contributed by atoms with Crippen LogP contribution in [0.4, 0.5) is 0 Å². The number of hydrogen-bond acceptors (Lipinski definition) is 2. The van der Waals surface area contributed by atoms with Gasteiger partial charge in [0.15, 0.2) is 0 Å². The molecule has 0 aromatic heterocycles. The molecule has 0 aliphatic carbocycles. The van der Waals surface area contributed by atoms with E-state index in [4.69, 9.17) is 9.78 Å². The van der Waals surface area contributed by atoms with E-state index in [1.54, 1.807) is 0 Å². The van der Waals surface area contributed by atoms with Crippen molar-refractivity contribution in [2.45, 2.75) is 66.1 Å². The zero-order valence-corrected chi connectivity index (χ0v) is 10.1. The Morgan fingerprint density at radius 1 is 1.00 bits per heavy atom.